The van der Waals surface area contributed by atoms with Gasteiger partial charge >= 0.3 is 0 Å². The molecule has 170 valence electrons. The SMILES string of the molecule is CCN(CC)C(=O)c1ccc(NCC(=O)Nc2ccccc2C(=O)Nc2ccccc2)cc1. The molecule has 0 spiro atoms. The summed E-state index contributed by atoms with van der Waals surface area (Å²) < 4.78 is 0. The monoisotopic (exact) mass is 444 g/mol. The van der Waals surface area contributed by atoms with E-state index in [-0.39, 0.29) is 24.3 Å². The highest BCUT2D eigenvalue weighted by molar-refractivity contribution is 6.10. The van der Waals surface area contributed by atoms with Gasteiger partial charge in [0, 0.05) is 30.0 Å². The van der Waals surface area contributed by atoms with Gasteiger partial charge in [-0.1, -0.05) is 30.3 Å². The average Bonchev–Trinajstić information content (AvgIpc) is 2.84. The predicted octanol–water partition coefficient (Wildman–Crippen LogP) is 4.47. The molecule has 0 atom stereocenters. The number of hydrogen-bond donors (Lipinski definition) is 3. The van der Waals surface area contributed by atoms with E-state index in [1.807, 2.05) is 32.0 Å². The van der Waals surface area contributed by atoms with Gasteiger partial charge in [-0.2, -0.15) is 0 Å². The van der Waals surface area contributed by atoms with E-state index in [9.17, 15) is 14.4 Å². The highest BCUT2D eigenvalue weighted by atomic mass is 16.2. The van der Waals surface area contributed by atoms with Crippen LogP contribution < -0.4 is 16.0 Å². The van der Waals surface area contributed by atoms with E-state index in [1.54, 1.807) is 65.6 Å². The second-order valence-corrected chi connectivity index (χ2v) is 7.32. The number of nitrogens with zero attached hydrogens (tertiary/aromatic N) is 1. The molecule has 0 saturated carbocycles. The Bertz CT molecular complexity index is 1090. The van der Waals surface area contributed by atoms with Crippen LogP contribution in [-0.2, 0) is 4.79 Å². The molecule has 3 amide bonds. The summed E-state index contributed by atoms with van der Waals surface area (Å²) in [5.41, 5.74) is 2.79. The van der Waals surface area contributed by atoms with E-state index >= 15 is 0 Å². The summed E-state index contributed by atoms with van der Waals surface area (Å²) in [6.45, 7) is 5.21. The fraction of sp³-hybridized carbons (Fsp3) is 0.192. The molecule has 7 heteroatoms. The molecule has 0 aromatic heterocycles. The van der Waals surface area contributed by atoms with E-state index in [2.05, 4.69) is 16.0 Å². The van der Waals surface area contributed by atoms with Crippen molar-refractivity contribution >= 4 is 34.8 Å². The van der Waals surface area contributed by atoms with Gasteiger partial charge in [0.15, 0.2) is 0 Å². The maximum absolute atomic E-state index is 12.7. The molecule has 0 radical (unpaired) electrons. The molecule has 0 saturated heterocycles. The Kier molecular flexibility index (Phi) is 8.18. The summed E-state index contributed by atoms with van der Waals surface area (Å²) in [7, 11) is 0. The van der Waals surface area contributed by atoms with Crippen molar-refractivity contribution in [3.63, 3.8) is 0 Å². The summed E-state index contributed by atoms with van der Waals surface area (Å²) in [5, 5.41) is 8.65. The van der Waals surface area contributed by atoms with Crippen molar-refractivity contribution < 1.29 is 14.4 Å². The normalized spacial score (nSPS) is 10.2. The lowest BCUT2D eigenvalue weighted by Gasteiger charge is -2.18. The van der Waals surface area contributed by atoms with Crippen LogP contribution in [0.15, 0.2) is 78.9 Å². The first-order valence-corrected chi connectivity index (χ1v) is 10.9. The summed E-state index contributed by atoms with van der Waals surface area (Å²) in [6.07, 6.45) is 0. The molecule has 0 unspecified atom stereocenters. The first-order chi connectivity index (χ1) is 16.0. The van der Waals surface area contributed by atoms with E-state index < -0.39 is 0 Å². The second kappa shape index (κ2) is 11.5. The number of carbonyl (C=O) groups is 3. The van der Waals surface area contributed by atoms with Crippen molar-refractivity contribution in [3.8, 4) is 0 Å². The first kappa shape index (κ1) is 23.5. The van der Waals surface area contributed by atoms with Crippen molar-refractivity contribution in [1.29, 1.82) is 0 Å². The molecule has 0 aliphatic carbocycles. The zero-order valence-electron chi connectivity index (χ0n) is 18.8. The number of hydrogen-bond acceptors (Lipinski definition) is 4. The molecule has 0 bridgehead atoms. The molecule has 3 aromatic rings. The lowest BCUT2D eigenvalue weighted by atomic mass is 10.1. The third kappa shape index (κ3) is 6.43. The Morgan fingerprint density at radius 3 is 2.03 bits per heavy atom. The zero-order valence-corrected chi connectivity index (χ0v) is 18.8. The van der Waals surface area contributed by atoms with E-state index in [4.69, 9.17) is 0 Å². The van der Waals surface area contributed by atoms with Crippen molar-refractivity contribution in [2.75, 3.05) is 35.6 Å². The number of benzene rings is 3. The third-order valence-corrected chi connectivity index (χ3v) is 5.11. The summed E-state index contributed by atoms with van der Waals surface area (Å²) in [6, 6.07) is 23.0. The first-order valence-electron chi connectivity index (χ1n) is 10.9. The Hall–Kier alpha value is -4.13. The molecule has 3 aromatic carbocycles. The average molecular weight is 445 g/mol. The quantitative estimate of drug-likeness (QED) is 0.454. The van der Waals surface area contributed by atoms with Crippen molar-refractivity contribution in [1.82, 2.24) is 4.90 Å². The van der Waals surface area contributed by atoms with E-state index in [0.29, 0.717) is 35.6 Å². The Balaban J connectivity index is 1.58. The van der Waals surface area contributed by atoms with E-state index in [1.165, 1.54) is 0 Å². The molecule has 3 N–H and O–H groups in total. The van der Waals surface area contributed by atoms with Crippen molar-refractivity contribution in [2.24, 2.45) is 0 Å². The van der Waals surface area contributed by atoms with Gasteiger partial charge < -0.3 is 20.9 Å². The van der Waals surface area contributed by atoms with Crippen molar-refractivity contribution in [2.45, 2.75) is 13.8 Å². The van der Waals surface area contributed by atoms with Gasteiger partial charge in [0.05, 0.1) is 17.8 Å². The molecular formula is C26H28N4O3. The molecule has 0 aliphatic rings. The predicted molar refractivity (Wildman–Crippen MR) is 132 cm³/mol. The van der Waals surface area contributed by atoms with Gasteiger partial charge in [-0.05, 0) is 62.4 Å². The molecule has 0 aliphatic heterocycles. The lowest BCUT2D eigenvalue weighted by Crippen LogP contribution is -2.30. The van der Waals surface area contributed by atoms with E-state index in [0.717, 1.165) is 5.69 Å². The Labute approximate surface area is 193 Å². The maximum Gasteiger partial charge on any atom is 0.257 e. The van der Waals surface area contributed by atoms with Crippen LogP contribution in [0, 0.1) is 0 Å². The number of nitrogens with one attached hydrogen (secondary N) is 3. The van der Waals surface area contributed by atoms with Crippen LogP contribution in [0.4, 0.5) is 17.1 Å². The fourth-order valence-electron chi connectivity index (χ4n) is 3.31. The number of para-hydroxylation sites is 2. The standard InChI is InChI=1S/C26H28N4O3/c1-3-30(4-2)26(33)19-14-16-20(17-15-19)27-18-24(31)29-23-13-9-8-12-22(23)25(32)28-21-10-6-5-7-11-21/h5-17,27H,3-4,18H2,1-2H3,(H,28,32)(H,29,31). The second-order valence-electron chi connectivity index (χ2n) is 7.32. The smallest absolute Gasteiger partial charge is 0.257 e. The molecule has 7 nitrogen and oxygen atoms in total. The zero-order chi connectivity index (χ0) is 23.6. The number of rotatable bonds is 9. The molecule has 3 rings (SSSR count). The number of amides is 3. The summed E-state index contributed by atoms with van der Waals surface area (Å²) in [5.74, 6) is -0.619. The minimum atomic E-state index is -0.307. The van der Waals surface area contributed by atoms with Crippen LogP contribution in [0.3, 0.4) is 0 Å². The van der Waals surface area contributed by atoms with Gasteiger partial charge in [-0.25, -0.2) is 0 Å². The van der Waals surface area contributed by atoms with Gasteiger partial charge in [-0.3, -0.25) is 14.4 Å². The lowest BCUT2D eigenvalue weighted by molar-refractivity contribution is -0.114. The van der Waals surface area contributed by atoms with Gasteiger partial charge in [0.2, 0.25) is 5.91 Å². The minimum Gasteiger partial charge on any atom is -0.376 e. The van der Waals surface area contributed by atoms with Gasteiger partial charge in [0.25, 0.3) is 11.8 Å². The van der Waals surface area contributed by atoms with Crippen LogP contribution in [0.5, 0.6) is 0 Å². The largest absolute Gasteiger partial charge is 0.376 e. The summed E-state index contributed by atoms with van der Waals surface area (Å²) >= 11 is 0. The fourth-order valence-corrected chi connectivity index (χ4v) is 3.31. The Morgan fingerprint density at radius 2 is 1.36 bits per heavy atom. The van der Waals surface area contributed by atoms with Crippen LogP contribution in [0.1, 0.15) is 34.6 Å². The van der Waals surface area contributed by atoms with Crippen LogP contribution in [0.25, 0.3) is 0 Å². The molecular weight excluding hydrogens is 416 g/mol. The van der Waals surface area contributed by atoms with Crippen molar-refractivity contribution in [3.05, 3.63) is 90.0 Å². The number of carbonyl (C=O) groups excluding carboxylic acids is 3. The highest BCUT2D eigenvalue weighted by Gasteiger charge is 2.14. The molecule has 0 fully saturated rings. The Morgan fingerprint density at radius 1 is 0.727 bits per heavy atom. The maximum atomic E-state index is 12.7. The third-order valence-electron chi connectivity index (χ3n) is 5.11. The van der Waals surface area contributed by atoms with Crippen LogP contribution in [-0.4, -0.2) is 42.3 Å². The van der Waals surface area contributed by atoms with Gasteiger partial charge in [0.1, 0.15) is 0 Å². The highest BCUT2D eigenvalue weighted by Crippen LogP contribution is 2.18. The summed E-state index contributed by atoms with van der Waals surface area (Å²) in [4.78, 5) is 39.3. The topological polar surface area (TPSA) is 90.5 Å². The molecule has 33 heavy (non-hydrogen) atoms. The van der Waals surface area contributed by atoms with Crippen LogP contribution in [0.2, 0.25) is 0 Å². The van der Waals surface area contributed by atoms with Crippen LogP contribution >= 0.6 is 0 Å². The minimum absolute atomic E-state index is 0.0119. The molecule has 0 heterocycles. The van der Waals surface area contributed by atoms with Gasteiger partial charge in [-0.15, -0.1) is 0 Å². The number of anilines is 3.